The third-order valence-electron chi connectivity index (χ3n) is 4.19. The van der Waals surface area contributed by atoms with Crippen LogP contribution < -0.4 is 6.64 Å². The van der Waals surface area contributed by atoms with Crippen LogP contribution in [0.3, 0.4) is 0 Å². The predicted molar refractivity (Wildman–Crippen MR) is 102 cm³/mol. The van der Waals surface area contributed by atoms with Crippen LogP contribution in [0.15, 0.2) is 84.9 Å². The molecule has 104 valence electrons. The van der Waals surface area contributed by atoms with Gasteiger partial charge in [-0.05, 0) is 0 Å². The van der Waals surface area contributed by atoms with Gasteiger partial charge in [0.1, 0.15) is 0 Å². The van der Waals surface area contributed by atoms with Gasteiger partial charge in [0.05, 0.1) is 0 Å². The second-order valence-electron chi connectivity index (χ2n) is 5.50. The van der Waals surface area contributed by atoms with Gasteiger partial charge in [0.25, 0.3) is 0 Å². The molecular formula is C20H14BrIn. The van der Waals surface area contributed by atoms with E-state index in [1.165, 1.54) is 28.2 Å². The van der Waals surface area contributed by atoms with E-state index in [-0.39, 0.29) is 0 Å². The van der Waals surface area contributed by atoms with Crippen molar-refractivity contribution < 1.29 is 0 Å². The number of rotatable bonds is 2. The molecule has 0 amide bonds. The van der Waals surface area contributed by atoms with E-state index in [1.54, 1.807) is 0 Å². The monoisotopic (exact) mass is 448 g/mol. The Morgan fingerprint density at radius 2 is 0.909 bits per heavy atom. The molecule has 0 saturated heterocycles. The van der Waals surface area contributed by atoms with Crippen LogP contribution in [-0.2, 0) is 0 Å². The third kappa shape index (κ3) is 2.49. The molecule has 0 aliphatic carbocycles. The van der Waals surface area contributed by atoms with Crippen LogP contribution in [0.2, 0.25) is 0 Å². The summed E-state index contributed by atoms with van der Waals surface area (Å²) in [5, 5.41) is 5.47. The average molecular weight is 449 g/mol. The molecule has 0 N–H and O–H groups in total. The van der Waals surface area contributed by atoms with Gasteiger partial charge >= 0.3 is 145 Å². The first-order chi connectivity index (χ1) is 10.8. The van der Waals surface area contributed by atoms with Crippen LogP contribution in [-0.4, -0.2) is 19.1 Å². The first-order valence-electron chi connectivity index (χ1n) is 7.44. The van der Waals surface area contributed by atoms with Crippen molar-refractivity contribution >= 4 is 59.6 Å². The van der Waals surface area contributed by atoms with Crippen LogP contribution >= 0.6 is 12.3 Å². The maximum atomic E-state index is 4.15. The van der Waals surface area contributed by atoms with Crippen LogP contribution in [0.1, 0.15) is 0 Å². The molecule has 0 bridgehead atoms. The summed E-state index contributed by atoms with van der Waals surface area (Å²) in [7, 11) is 0. The van der Waals surface area contributed by atoms with Crippen LogP contribution in [0.5, 0.6) is 0 Å². The van der Waals surface area contributed by atoms with E-state index < -0.39 is 19.1 Å². The molecule has 0 aromatic heterocycles. The summed E-state index contributed by atoms with van der Waals surface area (Å²) in [6.45, 7) is 0. The Morgan fingerprint density at radius 3 is 1.41 bits per heavy atom. The molecule has 0 atom stereocenters. The molecule has 4 aromatic carbocycles. The maximum absolute atomic E-state index is 4.15. The molecule has 0 saturated carbocycles. The SMILES string of the molecule is [Br][In]([c]1cccc2ccccc12)[c]1cccc2ccccc12. The van der Waals surface area contributed by atoms with Crippen molar-refractivity contribution in [2.45, 2.75) is 0 Å². The Labute approximate surface area is 143 Å². The summed E-state index contributed by atoms with van der Waals surface area (Å²) < 4.78 is 3.05. The average Bonchev–Trinajstić information content (AvgIpc) is 2.60. The fraction of sp³-hybridized carbons (Fsp3) is 0. The van der Waals surface area contributed by atoms with E-state index in [2.05, 4.69) is 97.2 Å². The van der Waals surface area contributed by atoms with E-state index in [0.29, 0.717) is 0 Å². The Hall–Kier alpha value is -1.25. The summed E-state index contributed by atoms with van der Waals surface area (Å²) in [6.07, 6.45) is 0. The van der Waals surface area contributed by atoms with Gasteiger partial charge in [0.15, 0.2) is 0 Å². The first kappa shape index (κ1) is 14.3. The Morgan fingerprint density at radius 1 is 0.500 bits per heavy atom. The van der Waals surface area contributed by atoms with Crippen LogP contribution in [0.25, 0.3) is 21.5 Å². The zero-order valence-corrected chi connectivity index (χ0v) is 16.9. The van der Waals surface area contributed by atoms with E-state index in [1.807, 2.05) is 0 Å². The Kier molecular flexibility index (Phi) is 3.98. The molecule has 0 unspecified atom stereocenters. The van der Waals surface area contributed by atoms with Gasteiger partial charge in [-0.25, -0.2) is 0 Å². The third-order valence-corrected chi connectivity index (χ3v) is 16.8. The predicted octanol–water partition coefficient (Wildman–Crippen LogP) is 4.49. The molecule has 0 heterocycles. The van der Waals surface area contributed by atoms with Crippen LogP contribution in [0.4, 0.5) is 0 Å². The molecule has 0 fully saturated rings. The van der Waals surface area contributed by atoms with Gasteiger partial charge < -0.3 is 0 Å². The van der Waals surface area contributed by atoms with Crippen LogP contribution in [0, 0.1) is 0 Å². The minimum atomic E-state index is -2.22. The van der Waals surface area contributed by atoms with Crippen molar-refractivity contribution in [1.29, 1.82) is 0 Å². The van der Waals surface area contributed by atoms with E-state index >= 15 is 0 Å². The summed E-state index contributed by atoms with van der Waals surface area (Å²) in [5.74, 6) is 0. The summed E-state index contributed by atoms with van der Waals surface area (Å²) in [6, 6.07) is 30.8. The molecular weight excluding hydrogens is 435 g/mol. The summed E-state index contributed by atoms with van der Waals surface area (Å²) >= 11 is 1.92. The molecule has 2 heteroatoms. The van der Waals surface area contributed by atoms with Gasteiger partial charge in [0, 0.05) is 0 Å². The van der Waals surface area contributed by atoms with Gasteiger partial charge in [0.2, 0.25) is 0 Å². The number of fused-ring (bicyclic) bond motifs is 2. The number of hydrogen-bond acceptors (Lipinski definition) is 0. The van der Waals surface area contributed by atoms with Crippen molar-refractivity contribution in [3.05, 3.63) is 84.9 Å². The Bertz CT molecular complexity index is 872. The molecule has 0 aliphatic rings. The first-order valence-corrected chi connectivity index (χ1v) is 18.1. The number of benzene rings is 4. The van der Waals surface area contributed by atoms with Crippen molar-refractivity contribution in [3.8, 4) is 0 Å². The van der Waals surface area contributed by atoms with Crippen molar-refractivity contribution in [1.82, 2.24) is 0 Å². The van der Waals surface area contributed by atoms with Crippen molar-refractivity contribution in [2.24, 2.45) is 0 Å². The molecule has 22 heavy (non-hydrogen) atoms. The second kappa shape index (κ2) is 6.10. The van der Waals surface area contributed by atoms with Crippen molar-refractivity contribution in [3.63, 3.8) is 0 Å². The number of halogens is 1. The normalized spacial score (nSPS) is 11.0. The zero-order valence-electron chi connectivity index (χ0n) is 12.0. The molecule has 0 aliphatic heterocycles. The zero-order chi connectivity index (χ0) is 14.9. The minimum absolute atomic E-state index is 1.33. The van der Waals surface area contributed by atoms with E-state index in [4.69, 9.17) is 0 Å². The van der Waals surface area contributed by atoms with Gasteiger partial charge in [-0.3, -0.25) is 0 Å². The molecule has 0 nitrogen and oxygen atoms in total. The molecule has 0 spiro atoms. The quantitative estimate of drug-likeness (QED) is 0.423. The summed E-state index contributed by atoms with van der Waals surface area (Å²) in [5.41, 5.74) is 0. The fourth-order valence-electron chi connectivity index (χ4n) is 3.11. The van der Waals surface area contributed by atoms with Crippen molar-refractivity contribution in [2.75, 3.05) is 0 Å². The van der Waals surface area contributed by atoms with E-state index in [0.717, 1.165) is 0 Å². The Balaban J connectivity index is 1.94. The second-order valence-corrected chi connectivity index (χ2v) is 17.3. The van der Waals surface area contributed by atoms with Gasteiger partial charge in [-0.1, -0.05) is 0 Å². The number of hydrogen-bond donors (Lipinski definition) is 0. The summed E-state index contributed by atoms with van der Waals surface area (Å²) in [4.78, 5) is 0. The molecule has 4 aromatic rings. The molecule has 4 rings (SSSR count). The van der Waals surface area contributed by atoms with E-state index in [9.17, 15) is 0 Å². The fourth-order valence-corrected chi connectivity index (χ4v) is 14.1. The van der Waals surface area contributed by atoms with Gasteiger partial charge in [-0.2, -0.15) is 0 Å². The van der Waals surface area contributed by atoms with Gasteiger partial charge in [-0.15, -0.1) is 0 Å². The standard InChI is InChI=1S/2C10H7.BrH.In/c2*1-2-6-10-8-4-3-7-9(10)5-1;;/h2*1-7H;1H;/q;;;+1/p-1. The topological polar surface area (TPSA) is 0 Å². The molecule has 0 radical (unpaired) electrons.